The van der Waals surface area contributed by atoms with Gasteiger partial charge in [0.05, 0.1) is 7.11 Å². The highest BCUT2D eigenvalue weighted by Crippen LogP contribution is 2.23. The summed E-state index contributed by atoms with van der Waals surface area (Å²) in [6.07, 6.45) is 0.345. The molecule has 0 saturated heterocycles. The molecule has 0 aliphatic rings. The van der Waals surface area contributed by atoms with Gasteiger partial charge in [-0.15, -0.1) is 0 Å². The molecular weight excluding hydrogens is 324 g/mol. The Morgan fingerprint density at radius 2 is 1.80 bits per heavy atom. The maximum atomic E-state index is 12.5. The number of carbonyl (C=O) groups excluding carboxylic acids is 2. The van der Waals surface area contributed by atoms with Gasteiger partial charge in [0, 0.05) is 18.2 Å². The first-order valence-corrected chi connectivity index (χ1v) is 8.17. The average Bonchev–Trinajstić information content (AvgIpc) is 2.51. The normalized spacial score (nSPS) is 12.0. The highest BCUT2D eigenvalue weighted by atomic mass is 16.5. The van der Waals surface area contributed by atoms with Crippen molar-refractivity contribution in [3.63, 3.8) is 0 Å². The number of aromatic carboxylic acids is 1. The van der Waals surface area contributed by atoms with Crippen molar-refractivity contribution in [1.82, 2.24) is 5.32 Å². The molecule has 0 heterocycles. The van der Waals surface area contributed by atoms with E-state index >= 15 is 0 Å². The molecule has 3 N–H and O–H groups in total. The van der Waals surface area contributed by atoms with Gasteiger partial charge < -0.3 is 20.5 Å². The Bertz CT molecular complexity index is 640. The van der Waals surface area contributed by atoms with Crippen molar-refractivity contribution < 1.29 is 24.2 Å². The molecule has 0 fully saturated rings. The van der Waals surface area contributed by atoms with E-state index in [4.69, 9.17) is 9.84 Å². The van der Waals surface area contributed by atoms with E-state index in [2.05, 4.69) is 10.6 Å². The van der Waals surface area contributed by atoms with Gasteiger partial charge in [-0.3, -0.25) is 9.59 Å². The topological polar surface area (TPSA) is 105 Å². The lowest BCUT2D eigenvalue weighted by molar-refractivity contribution is -0.127. The van der Waals surface area contributed by atoms with Gasteiger partial charge in [-0.05, 0) is 24.0 Å². The molecule has 0 bridgehead atoms. The standard InChI is InChI=1S/C18H26N2O5/c1-10(2)8-15(21)20-16(11(3)4)17(22)19-12-6-7-13(18(23)24)14(9-12)25-5/h6-7,9-11,16H,8H2,1-5H3,(H,19,22)(H,20,21)(H,23,24). The number of ether oxygens (including phenoxy) is 1. The summed E-state index contributed by atoms with van der Waals surface area (Å²) in [4.78, 5) is 35.6. The molecule has 138 valence electrons. The van der Waals surface area contributed by atoms with Crippen LogP contribution in [0.1, 0.15) is 44.5 Å². The lowest BCUT2D eigenvalue weighted by Gasteiger charge is -2.22. The molecule has 0 spiro atoms. The zero-order valence-electron chi connectivity index (χ0n) is 15.3. The van der Waals surface area contributed by atoms with Gasteiger partial charge in [-0.2, -0.15) is 0 Å². The molecule has 0 radical (unpaired) electrons. The third-order valence-electron chi connectivity index (χ3n) is 3.56. The van der Waals surface area contributed by atoms with E-state index < -0.39 is 12.0 Å². The minimum atomic E-state index is -1.12. The maximum absolute atomic E-state index is 12.5. The van der Waals surface area contributed by atoms with Gasteiger partial charge in [0.1, 0.15) is 17.4 Å². The van der Waals surface area contributed by atoms with Crippen LogP contribution < -0.4 is 15.4 Å². The molecule has 0 saturated carbocycles. The molecule has 0 aliphatic carbocycles. The van der Waals surface area contributed by atoms with Crippen LogP contribution in [0.2, 0.25) is 0 Å². The molecule has 1 unspecified atom stereocenters. The number of nitrogens with one attached hydrogen (secondary N) is 2. The Kier molecular flexibility index (Phi) is 7.42. The number of carboxylic acids is 1. The minimum Gasteiger partial charge on any atom is -0.496 e. The second-order valence-electron chi connectivity index (χ2n) is 6.60. The number of hydrogen-bond acceptors (Lipinski definition) is 4. The van der Waals surface area contributed by atoms with Gasteiger partial charge in [0.2, 0.25) is 11.8 Å². The molecule has 0 aromatic heterocycles. The third-order valence-corrected chi connectivity index (χ3v) is 3.56. The lowest BCUT2D eigenvalue weighted by atomic mass is 10.0. The number of carbonyl (C=O) groups is 3. The van der Waals surface area contributed by atoms with E-state index in [9.17, 15) is 14.4 Å². The molecule has 1 aromatic rings. The average molecular weight is 350 g/mol. The number of amides is 2. The van der Waals surface area contributed by atoms with Crippen molar-refractivity contribution >= 4 is 23.5 Å². The number of benzene rings is 1. The van der Waals surface area contributed by atoms with Gasteiger partial charge >= 0.3 is 5.97 Å². The van der Waals surface area contributed by atoms with E-state index in [1.54, 1.807) is 0 Å². The van der Waals surface area contributed by atoms with Crippen LogP contribution in [0.25, 0.3) is 0 Å². The number of anilines is 1. The third kappa shape index (κ3) is 6.10. The molecule has 7 heteroatoms. The fourth-order valence-corrected chi connectivity index (χ4v) is 2.30. The monoisotopic (exact) mass is 350 g/mol. The zero-order valence-corrected chi connectivity index (χ0v) is 15.3. The summed E-state index contributed by atoms with van der Waals surface area (Å²) in [5, 5.41) is 14.5. The molecule has 25 heavy (non-hydrogen) atoms. The summed E-state index contributed by atoms with van der Waals surface area (Å²) in [6, 6.07) is 3.60. The fraction of sp³-hybridized carbons (Fsp3) is 0.500. The van der Waals surface area contributed by atoms with Gasteiger partial charge in [0.25, 0.3) is 0 Å². The summed E-state index contributed by atoms with van der Waals surface area (Å²) >= 11 is 0. The highest BCUT2D eigenvalue weighted by molar-refractivity contribution is 5.98. The van der Waals surface area contributed by atoms with Crippen LogP contribution in [0.3, 0.4) is 0 Å². The predicted octanol–water partition coefficient (Wildman–Crippen LogP) is 2.52. The quantitative estimate of drug-likeness (QED) is 0.668. The first kappa shape index (κ1) is 20.5. The number of hydrogen-bond donors (Lipinski definition) is 3. The van der Waals surface area contributed by atoms with Crippen molar-refractivity contribution in [1.29, 1.82) is 0 Å². The molecule has 1 atom stereocenters. The lowest BCUT2D eigenvalue weighted by Crippen LogP contribution is -2.47. The van der Waals surface area contributed by atoms with Crippen LogP contribution in [0.15, 0.2) is 18.2 Å². The van der Waals surface area contributed by atoms with Gasteiger partial charge in [0.15, 0.2) is 0 Å². The fourth-order valence-electron chi connectivity index (χ4n) is 2.30. The maximum Gasteiger partial charge on any atom is 0.339 e. The first-order chi connectivity index (χ1) is 11.6. The summed E-state index contributed by atoms with van der Waals surface area (Å²) in [6.45, 7) is 7.54. The highest BCUT2D eigenvalue weighted by Gasteiger charge is 2.25. The largest absolute Gasteiger partial charge is 0.496 e. The van der Waals surface area contributed by atoms with Crippen molar-refractivity contribution in [2.75, 3.05) is 12.4 Å². The molecule has 2 amide bonds. The SMILES string of the molecule is COc1cc(NC(=O)C(NC(=O)CC(C)C)C(C)C)ccc1C(=O)O. The van der Waals surface area contributed by atoms with Crippen molar-refractivity contribution in [2.45, 2.75) is 40.2 Å². The summed E-state index contributed by atoms with van der Waals surface area (Å²) in [5.74, 6) is -1.41. The molecular formula is C18H26N2O5. The summed E-state index contributed by atoms with van der Waals surface area (Å²) in [7, 11) is 1.36. The van der Waals surface area contributed by atoms with Crippen molar-refractivity contribution in [3.05, 3.63) is 23.8 Å². The number of carboxylic acid groups (broad SMARTS) is 1. The van der Waals surface area contributed by atoms with Gasteiger partial charge in [-0.25, -0.2) is 4.79 Å². The van der Waals surface area contributed by atoms with Crippen molar-refractivity contribution in [2.24, 2.45) is 11.8 Å². The molecule has 0 aliphatic heterocycles. The Morgan fingerprint density at radius 3 is 2.28 bits per heavy atom. The first-order valence-electron chi connectivity index (χ1n) is 8.17. The predicted molar refractivity (Wildman–Crippen MR) is 94.8 cm³/mol. The van der Waals surface area contributed by atoms with E-state index in [1.165, 1.54) is 25.3 Å². The zero-order chi connectivity index (χ0) is 19.1. The Morgan fingerprint density at radius 1 is 1.16 bits per heavy atom. The Labute approximate surface area is 147 Å². The summed E-state index contributed by atoms with van der Waals surface area (Å²) < 4.78 is 5.04. The van der Waals surface area contributed by atoms with Crippen LogP contribution in [-0.4, -0.2) is 36.0 Å². The second-order valence-corrected chi connectivity index (χ2v) is 6.60. The smallest absolute Gasteiger partial charge is 0.339 e. The van der Waals surface area contributed by atoms with E-state index in [0.717, 1.165) is 0 Å². The number of methoxy groups -OCH3 is 1. The molecule has 1 rings (SSSR count). The van der Waals surface area contributed by atoms with E-state index in [1.807, 2.05) is 27.7 Å². The van der Waals surface area contributed by atoms with Crippen LogP contribution >= 0.6 is 0 Å². The molecule has 7 nitrogen and oxygen atoms in total. The Balaban J connectivity index is 2.90. The van der Waals surface area contributed by atoms with Crippen LogP contribution in [0.4, 0.5) is 5.69 Å². The van der Waals surface area contributed by atoms with E-state index in [0.29, 0.717) is 12.1 Å². The summed E-state index contributed by atoms with van der Waals surface area (Å²) in [5.41, 5.74) is 0.404. The van der Waals surface area contributed by atoms with Gasteiger partial charge in [-0.1, -0.05) is 27.7 Å². The van der Waals surface area contributed by atoms with Crippen LogP contribution in [-0.2, 0) is 9.59 Å². The van der Waals surface area contributed by atoms with E-state index in [-0.39, 0.29) is 35.0 Å². The number of rotatable bonds is 8. The Hall–Kier alpha value is -2.57. The molecule has 1 aromatic carbocycles. The minimum absolute atomic E-state index is 0.00569. The van der Waals surface area contributed by atoms with Crippen molar-refractivity contribution in [3.8, 4) is 5.75 Å². The second kappa shape index (κ2) is 9.05. The van der Waals surface area contributed by atoms with Crippen LogP contribution in [0, 0.1) is 11.8 Å². The van der Waals surface area contributed by atoms with Crippen LogP contribution in [0.5, 0.6) is 5.75 Å².